The first kappa shape index (κ1) is 16.2. The number of nitro groups is 1. The minimum atomic E-state index is -0.807. The quantitative estimate of drug-likeness (QED) is 0.675. The van der Waals surface area contributed by atoms with Gasteiger partial charge in [-0.2, -0.15) is 0 Å². The first-order valence-electron chi connectivity index (χ1n) is 6.44. The number of anilines is 1. The van der Waals surface area contributed by atoms with E-state index >= 15 is 0 Å². The number of amides is 1. The van der Waals surface area contributed by atoms with Crippen LogP contribution in [0, 0.1) is 15.9 Å². The smallest absolute Gasteiger partial charge is 0.296 e. The van der Waals surface area contributed by atoms with E-state index in [1.54, 1.807) is 0 Å². The number of nitrogens with zero attached hydrogens (tertiary/aromatic N) is 1. The molecule has 0 radical (unpaired) electrons. The molecule has 0 aliphatic heterocycles. The molecule has 2 rings (SSSR count). The third-order valence-electron chi connectivity index (χ3n) is 3.07. The Morgan fingerprint density at radius 2 is 1.78 bits per heavy atom. The number of nitrogens with one attached hydrogen (secondary N) is 1. The molecule has 1 amide bonds. The summed E-state index contributed by atoms with van der Waals surface area (Å²) < 4.78 is 23.7. The van der Waals surface area contributed by atoms with Gasteiger partial charge in [0.2, 0.25) is 0 Å². The SMILES string of the molecule is COc1cc(NC(=O)c2ccccc2F)c([N+](=O)[O-])cc1OC. The van der Waals surface area contributed by atoms with Crippen LogP contribution in [0.15, 0.2) is 36.4 Å². The molecule has 2 aromatic rings. The van der Waals surface area contributed by atoms with E-state index in [0.717, 1.165) is 12.1 Å². The maximum absolute atomic E-state index is 13.6. The average molecular weight is 320 g/mol. The van der Waals surface area contributed by atoms with Crippen molar-refractivity contribution in [2.45, 2.75) is 0 Å². The number of nitro benzene ring substituents is 1. The standard InChI is InChI=1S/C15H13FN2O5/c1-22-13-7-11(12(18(20)21)8-14(13)23-2)17-15(19)9-5-3-4-6-10(9)16/h3-8H,1-2H3,(H,17,19). The molecule has 2 aromatic carbocycles. The van der Waals surface area contributed by atoms with E-state index < -0.39 is 22.3 Å². The molecule has 0 aliphatic carbocycles. The minimum Gasteiger partial charge on any atom is -0.493 e. The zero-order chi connectivity index (χ0) is 17.0. The number of ether oxygens (including phenoxy) is 2. The summed E-state index contributed by atoms with van der Waals surface area (Å²) in [6.45, 7) is 0. The summed E-state index contributed by atoms with van der Waals surface area (Å²) in [6.07, 6.45) is 0. The van der Waals surface area contributed by atoms with Gasteiger partial charge in [-0.15, -0.1) is 0 Å². The second kappa shape index (κ2) is 6.73. The Labute approximate surface area is 130 Å². The van der Waals surface area contributed by atoms with E-state index in [1.807, 2.05) is 0 Å². The number of halogens is 1. The van der Waals surface area contributed by atoms with Crippen molar-refractivity contribution in [3.8, 4) is 11.5 Å². The Morgan fingerprint density at radius 3 is 2.35 bits per heavy atom. The average Bonchev–Trinajstić information content (AvgIpc) is 2.54. The number of rotatable bonds is 5. The second-order valence-corrected chi connectivity index (χ2v) is 4.42. The summed E-state index contributed by atoms with van der Waals surface area (Å²) in [4.78, 5) is 22.6. The number of carbonyl (C=O) groups excluding carboxylic acids is 1. The molecular formula is C15H13FN2O5. The van der Waals surface area contributed by atoms with Gasteiger partial charge < -0.3 is 14.8 Å². The van der Waals surface area contributed by atoms with Crippen LogP contribution in [0.4, 0.5) is 15.8 Å². The molecule has 0 aromatic heterocycles. The van der Waals surface area contributed by atoms with Crippen LogP contribution in [0.2, 0.25) is 0 Å². The molecule has 0 saturated heterocycles. The molecule has 23 heavy (non-hydrogen) atoms. The van der Waals surface area contributed by atoms with Crippen LogP contribution in [0.5, 0.6) is 11.5 Å². The number of benzene rings is 2. The summed E-state index contributed by atoms with van der Waals surface area (Å²) in [7, 11) is 2.69. The fraction of sp³-hybridized carbons (Fsp3) is 0.133. The van der Waals surface area contributed by atoms with Crippen molar-refractivity contribution in [2.24, 2.45) is 0 Å². The lowest BCUT2D eigenvalue weighted by atomic mass is 10.1. The first-order valence-corrected chi connectivity index (χ1v) is 6.44. The molecule has 120 valence electrons. The van der Waals surface area contributed by atoms with Gasteiger partial charge in [-0.05, 0) is 12.1 Å². The van der Waals surface area contributed by atoms with Crippen molar-refractivity contribution in [3.05, 3.63) is 57.9 Å². The van der Waals surface area contributed by atoms with Crippen LogP contribution in [0.1, 0.15) is 10.4 Å². The van der Waals surface area contributed by atoms with Crippen molar-refractivity contribution in [1.29, 1.82) is 0 Å². The Balaban J connectivity index is 2.44. The summed E-state index contributed by atoms with van der Waals surface area (Å²) in [5.41, 5.74) is -0.746. The van der Waals surface area contributed by atoms with Gasteiger partial charge in [-0.3, -0.25) is 14.9 Å². The van der Waals surface area contributed by atoms with Crippen LogP contribution in [-0.4, -0.2) is 25.1 Å². The van der Waals surface area contributed by atoms with E-state index in [-0.39, 0.29) is 22.7 Å². The van der Waals surface area contributed by atoms with Gasteiger partial charge in [0, 0.05) is 6.07 Å². The van der Waals surface area contributed by atoms with Gasteiger partial charge in [0.25, 0.3) is 11.6 Å². The van der Waals surface area contributed by atoms with Crippen molar-refractivity contribution in [3.63, 3.8) is 0 Å². The van der Waals surface area contributed by atoms with Gasteiger partial charge in [0.15, 0.2) is 11.5 Å². The zero-order valence-electron chi connectivity index (χ0n) is 12.3. The predicted molar refractivity (Wildman–Crippen MR) is 80.6 cm³/mol. The normalized spacial score (nSPS) is 10.0. The second-order valence-electron chi connectivity index (χ2n) is 4.42. The van der Waals surface area contributed by atoms with Crippen LogP contribution in [0.25, 0.3) is 0 Å². The monoisotopic (exact) mass is 320 g/mol. The Hall–Kier alpha value is -3.16. The van der Waals surface area contributed by atoms with Gasteiger partial charge >= 0.3 is 0 Å². The lowest BCUT2D eigenvalue weighted by Crippen LogP contribution is -2.15. The minimum absolute atomic E-state index is 0.124. The van der Waals surface area contributed by atoms with Crippen molar-refractivity contribution >= 4 is 17.3 Å². The molecule has 0 atom stereocenters. The molecule has 0 unspecified atom stereocenters. The molecule has 8 heteroatoms. The largest absolute Gasteiger partial charge is 0.493 e. The molecule has 0 aliphatic rings. The maximum atomic E-state index is 13.6. The van der Waals surface area contributed by atoms with Crippen molar-refractivity contribution in [1.82, 2.24) is 0 Å². The molecule has 0 saturated carbocycles. The van der Waals surface area contributed by atoms with E-state index in [1.165, 1.54) is 38.5 Å². The summed E-state index contributed by atoms with van der Waals surface area (Å²) in [5.74, 6) is -1.20. The van der Waals surface area contributed by atoms with E-state index in [9.17, 15) is 19.3 Å². The topological polar surface area (TPSA) is 90.7 Å². The number of methoxy groups -OCH3 is 2. The third kappa shape index (κ3) is 3.37. The van der Waals surface area contributed by atoms with E-state index in [4.69, 9.17) is 9.47 Å². The molecule has 0 spiro atoms. The Morgan fingerprint density at radius 1 is 1.17 bits per heavy atom. The Bertz CT molecular complexity index is 764. The highest BCUT2D eigenvalue weighted by Gasteiger charge is 2.22. The lowest BCUT2D eigenvalue weighted by Gasteiger charge is -2.11. The number of hydrogen-bond donors (Lipinski definition) is 1. The van der Waals surface area contributed by atoms with Crippen LogP contribution in [-0.2, 0) is 0 Å². The van der Waals surface area contributed by atoms with Crippen LogP contribution < -0.4 is 14.8 Å². The van der Waals surface area contributed by atoms with Crippen LogP contribution >= 0.6 is 0 Å². The molecule has 7 nitrogen and oxygen atoms in total. The third-order valence-corrected chi connectivity index (χ3v) is 3.07. The molecular weight excluding hydrogens is 307 g/mol. The summed E-state index contributed by atoms with van der Waals surface area (Å²) >= 11 is 0. The van der Waals surface area contributed by atoms with Crippen LogP contribution in [0.3, 0.4) is 0 Å². The van der Waals surface area contributed by atoms with E-state index in [2.05, 4.69) is 5.32 Å². The first-order chi connectivity index (χ1) is 11.0. The van der Waals surface area contributed by atoms with E-state index in [0.29, 0.717) is 0 Å². The highest BCUT2D eigenvalue weighted by atomic mass is 19.1. The molecule has 0 heterocycles. The Kier molecular flexibility index (Phi) is 4.75. The number of hydrogen-bond acceptors (Lipinski definition) is 5. The summed E-state index contributed by atoms with van der Waals surface area (Å²) in [6, 6.07) is 7.69. The fourth-order valence-corrected chi connectivity index (χ4v) is 1.95. The highest BCUT2D eigenvalue weighted by molar-refractivity contribution is 6.05. The van der Waals surface area contributed by atoms with Crippen molar-refractivity contribution < 1.29 is 23.6 Å². The zero-order valence-corrected chi connectivity index (χ0v) is 12.3. The molecule has 0 fully saturated rings. The number of carbonyl (C=O) groups is 1. The highest BCUT2D eigenvalue weighted by Crippen LogP contribution is 2.37. The fourth-order valence-electron chi connectivity index (χ4n) is 1.95. The molecule has 0 bridgehead atoms. The maximum Gasteiger partial charge on any atom is 0.296 e. The lowest BCUT2D eigenvalue weighted by molar-refractivity contribution is -0.384. The summed E-state index contributed by atoms with van der Waals surface area (Å²) in [5, 5.41) is 13.5. The van der Waals surface area contributed by atoms with Gasteiger partial charge in [0.1, 0.15) is 11.5 Å². The van der Waals surface area contributed by atoms with Gasteiger partial charge in [0.05, 0.1) is 30.8 Å². The predicted octanol–water partition coefficient (Wildman–Crippen LogP) is 3.00. The van der Waals surface area contributed by atoms with Gasteiger partial charge in [-0.25, -0.2) is 4.39 Å². The molecule has 1 N–H and O–H groups in total. The van der Waals surface area contributed by atoms with Gasteiger partial charge in [-0.1, -0.05) is 12.1 Å². The van der Waals surface area contributed by atoms with Crippen molar-refractivity contribution in [2.75, 3.05) is 19.5 Å².